The highest BCUT2D eigenvalue weighted by molar-refractivity contribution is 7.11. The standard InChI is InChI=1S/C14H14N4O2S/c1-2-12-9(6-17-18-12)5-10(1)15-7-11-8-16-13(21-11)14-19-3-4-20-14/h1-2,5-6,8,14-15H,3-4,7H2,(H,17,18). The van der Waals surface area contributed by atoms with Gasteiger partial charge in [0, 0.05) is 22.1 Å². The maximum atomic E-state index is 5.45. The van der Waals surface area contributed by atoms with Crippen LogP contribution in [0.5, 0.6) is 0 Å². The minimum Gasteiger partial charge on any atom is -0.380 e. The normalized spacial score (nSPS) is 15.8. The molecule has 1 aromatic carbocycles. The molecule has 1 aliphatic heterocycles. The van der Waals surface area contributed by atoms with E-state index in [1.807, 2.05) is 24.5 Å². The second-order valence-corrected chi connectivity index (χ2v) is 5.91. The highest BCUT2D eigenvalue weighted by Crippen LogP contribution is 2.27. The number of ether oxygens (including phenoxy) is 2. The Bertz CT molecular complexity index is 748. The van der Waals surface area contributed by atoms with Gasteiger partial charge in [0.1, 0.15) is 5.01 Å². The molecule has 7 heteroatoms. The van der Waals surface area contributed by atoms with E-state index in [1.54, 1.807) is 11.3 Å². The van der Waals surface area contributed by atoms with Crippen molar-refractivity contribution < 1.29 is 9.47 Å². The molecule has 6 nitrogen and oxygen atoms in total. The molecule has 108 valence electrons. The predicted octanol–water partition coefficient (Wildman–Crippen LogP) is 2.68. The van der Waals surface area contributed by atoms with Crippen molar-refractivity contribution in [3.63, 3.8) is 0 Å². The third-order valence-corrected chi connectivity index (χ3v) is 4.32. The van der Waals surface area contributed by atoms with Crippen LogP contribution in [0.3, 0.4) is 0 Å². The summed E-state index contributed by atoms with van der Waals surface area (Å²) < 4.78 is 10.9. The first-order valence-corrected chi connectivity index (χ1v) is 7.55. The monoisotopic (exact) mass is 302 g/mol. The summed E-state index contributed by atoms with van der Waals surface area (Å²) in [7, 11) is 0. The fourth-order valence-corrected chi connectivity index (χ4v) is 3.11. The van der Waals surface area contributed by atoms with E-state index in [2.05, 4.69) is 26.6 Å². The zero-order valence-corrected chi connectivity index (χ0v) is 12.0. The van der Waals surface area contributed by atoms with Crippen molar-refractivity contribution in [2.75, 3.05) is 18.5 Å². The number of nitrogens with one attached hydrogen (secondary N) is 2. The average Bonchev–Trinajstić information content (AvgIpc) is 3.24. The second kappa shape index (κ2) is 5.44. The van der Waals surface area contributed by atoms with Crippen LogP contribution in [0.1, 0.15) is 16.2 Å². The van der Waals surface area contributed by atoms with Crippen LogP contribution in [0.25, 0.3) is 10.9 Å². The predicted molar refractivity (Wildman–Crippen MR) is 80.2 cm³/mol. The Labute approximate surface area is 125 Å². The summed E-state index contributed by atoms with van der Waals surface area (Å²) in [6.07, 6.45) is 3.40. The molecule has 2 N–H and O–H groups in total. The highest BCUT2D eigenvalue weighted by Gasteiger charge is 2.21. The molecule has 3 aromatic rings. The first kappa shape index (κ1) is 12.8. The van der Waals surface area contributed by atoms with Gasteiger partial charge in [-0.1, -0.05) is 0 Å². The molecule has 0 saturated carbocycles. The van der Waals surface area contributed by atoms with E-state index >= 15 is 0 Å². The maximum Gasteiger partial charge on any atom is 0.211 e. The quantitative estimate of drug-likeness (QED) is 0.775. The maximum absolute atomic E-state index is 5.45. The lowest BCUT2D eigenvalue weighted by Crippen LogP contribution is -1.97. The number of anilines is 1. The van der Waals surface area contributed by atoms with Crippen molar-refractivity contribution >= 4 is 27.9 Å². The topological polar surface area (TPSA) is 72.1 Å². The molecule has 0 amide bonds. The van der Waals surface area contributed by atoms with Gasteiger partial charge >= 0.3 is 0 Å². The first-order valence-electron chi connectivity index (χ1n) is 6.73. The number of fused-ring (bicyclic) bond motifs is 1. The van der Waals surface area contributed by atoms with Crippen molar-refractivity contribution in [3.8, 4) is 0 Å². The van der Waals surface area contributed by atoms with Gasteiger partial charge in [-0.25, -0.2) is 4.98 Å². The van der Waals surface area contributed by atoms with Gasteiger partial charge in [0.25, 0.3) is 0 Å². The molecule has 21 heavy (non-hydrogen) atoms. The minimum absolute atomic E-state index is 0.286. The Hall–Kier alpha value is -1.96. The van der Waals surface area contributed by atoms with E-state index in [0.717, 1.165) is 33.0 Å². The van der Waals surface area contributed by atoms with Crippen LogP contribution >= 0.6 is 11.3 Å². The average molecular weight is 302 g/mol. The Morgan fingerprint density at radius 3 is 3.10 bits per heavy atom. The lowest BCUT2D eigenvalue weighted by atomic mass is 10.2. The van der Waals surface area contributed by atoms with Crippen LogP contribution in [0.15, 0.2) is 30.6 Å². The second-order valence-electron chi connectivity index (χ2n) is 4.76. The summed E-state index contributed by atoms with van der Waals surface area (Å²) in [4.78, 5) is 5.52. The van der Waals surface area contributed by atoms with Crippen molar-refractivity contribution in [2.45, 2.75) is 12.8 Å². The third-order valence-electron chi connectivity index (χ3n) is 3.30. The van der Waals surface area contributed by atoms with Gasteiger partial charge in [-0.3, -0.25) is 5.10 Å². The smallest absolute Gasteiger partial charge is 0.211 e. The van der Waals surface area contributed by atoms with Crippen LogP contribution < -0.4 is 5.32 Å². The summed E-state index contributed by atoms with van der Waals surface area (Å²) >= 11 is 1.61. The lowest BCUT2D eigenvalue weighted by molar-refractivity contribution is -0.0442. The summed E-state index contributed by atoms with van der Waals surface area (Å²) in [6.45, 7) is 2.01. The van der Waals surface area contributed by atoms with Crippen molar-refractivity contribution in [3.05, 3.63) is 40.5 Å². The molecule has 2 aromatic heterocycles. The van der Waals surface area contributed by atoms with Crippen LogP contribution in [-0.4, -0.2) is 28.4 Å². The Morgan fingerprint density at radius 1 is 1.29 bits per heavy atom. The summed E-state index contributed by atoms with van der Waals surface area (Å²) in [5.74, 6) is 0. The number of H-pyrrole nitrogens is 1. The molecule has 4 rings (SSSR count). The van der Waals surface area contributed by atoms with Gasteiger partial charge in [-0.15, -0.1) is 11.3 Å². The number of aromatic nitrogens is 3. The number of thiazole rings is 1. The number of aromatic amines is 1. The summed E-state index contributed by atoms with van der Waals surface area (Å²) in [6, 6.07) is 6.12. The van der Waals surface area contributed by atoms with Crippen LogP contribution in [0, 0.1) is 0 Å². The van der Waals surface area contributed by atoms with E-state index in [-0.39, 0.29) is 6.29 Å². The number of hydrogen-bond donors (Lipinski definition) is 2. The summed E-state index contributed by atoms with van der Waals surface area (Å²) in [5, 5.41) is 12.3. The number of rotatable bonds is 4. The van der Waals surface area contributed by atoms with Gasteiger partial charge in [0.15, 0.2) is 0 Å². The van der Waals surface area contributed by atoms with Gasteiger partial charge in [0.05, 0.1) is 31.5 Å². The largest absolute Gasteiger partial charge is 0.380 e. The SMILES string of the molecule is c1cc2[nH]ncc2cc1NCc1cnc(C2OCCO2)s1. The molecule has 1 saturated heterocycles. The Kier molecular flexibility index (Phi) is 3.30. The molecule has 0 bridgehead atoms. The van der Waals surface area contributed by atoms with E-state index in [9.17, 15) is 0 Å². The van der Waals surface area contributed by atoms with Gasteiger partial charge in [-0.2, -0.15) is 5.10 Å². The summed E-state index contributed by atoms with van der Waals surface area (Å²) in [5.41, 5.74) is 2.10. The zero-order valence-electron chi connectivity index (χ0n) is 11.2. The Balaban J connectivity index is 1.43. The zero-order chi connectivity index (χ0) is 14.1. The molecule has 1 aliphatic rings. The van der Waals surface area contributed by atoms with Crippen molar-refractivity contribution in [1.82, 2.24) is 15.2 Å². The molecule has 0 atom stereocenters. The van der Waals surface area contributed by atoms with Crippen molar-refractivity contribution in [2.24, 2.45) is 0 Å². The molecule has 0 aliphatic carbocycles. The number of nitrogens with zero attached hydrogens (tertiary/aromatic N) is 2. The fourth-order valence-electron chi connectivity index (χ4n) is 2.26. The number of benzene rings is 1. The van der Waals surface area contributed by atoms with Crippen molar-refractivity contribution in [1.29, 1.82) is 0 Å². The molecule has 0 radical (unpaired) electrons. The van der Waals surface area contributed by atoms with Crippen LogP contribution in [-0.2, 0) is 16.0 Å². The molecular formula is C14H14N4O2S. The minimum atomic E-state index is -0.286. The molecule has 1 fully saturated rings. The van der Waals surface area contributed by atoms with Crippen LogP contribution in [0.4, 0.5) is 5.69 Å². The molecule has 0 unspecified atom stereocenters. The van der Waals surface area contributed by atoms with E-state index < -0.39 is 0 Å². The first-order chi connectivity index (χ1) is 10.4. The highest BCUT2D eigenvalue weighted by atomic mass is 32.1. The Morgan fingerprint density at radius 2 is 2.19 bits per heavy atom. The van der Waals surface area contributed by atoms with Gasteiger partial charge in [-0.05, 0) is 18.2 Å². The van der Waals surface area contributed by atoms with Gasteiger partial charge < -0.3 is 14.8 Å². The van der Waals surface area contributed by atoms with E-state index in [0.29, 0.717) is 13.2 Å². The van der Waals surface area contributed by atoms with Gasteiger partial charge in [0.2, 0.25) is 6.29 Å². The lowest BCUT2D eigenvalue weighted by Gasteiger charge is -2.05. The molecular weight excluding hydrogens is 288 g/mol. The number of hydrogen-bond acceptors (Lipinski definition) is 6. The van der Waals surface area contributed by atoms with E-state index in [1.165, 1.54) is 0 Å². The third kappa shape index (κ3) is 2.63. The van der Waals surface area contributed by atoms with E-state index in [4.69, 9.17) is 9.47 Å². The van der Waals surface area contributed by atoms with Crippen LogP contribution in [0.2, 0.25) is 0 Å². The fraction of sp³-hybridized carbons (Fsp3) is 0.286. The molecule has 3 heterocycles. The molecule has 0 spiro atoms.